The standard InChI is InChI=1S/C58H111NO3/c1-3-5-7-9-11-13-15-16-17-18-19-20-21-22-23-24-25-26-27-28-29-30-31-32-33-34-35-36-37-38-39-40-41-42-44-46-48-50-52-54-58(62)59-56(55-60)57(61)53-51-49-47-45-43-14-12-10-8-6-4-2/h25-26,28-29,51,53,56-57,60-61H,3-24,27,30-50,52,54-55H2,1-2H3,(H,59,62)/b26-25-,29-28-,53-51+. The molecule has 0 saturated carbocycles. The summed E-state index contributed by atoms with van der Waals surface area (Å²) in [7, 11) is 0. The average molecular weight is 871 g/mol. The van der Waals surface area contributed by atoms with Crippen LogP contribution in [0, 0.1) is 0 Å². The Bertz CT molecular complexity index is 943. The van der Waals surface area contributed by atoms with Gasteiger partial charge in [0.25, 0.3) is 0 Å². The number of aliphatic hydroxyl groups excluding tert-OH is 2. The second-order valence-electron chi connectivity index (χ2n) is 19.4. The van der Waals surface area contributed by atoms with E-state index in [4.69, 9.17) is 0 Å². The summed E-state index contributed by atoms with van der Waals surface area (Å²) in [5, 5.41) is 23.0. The molecule has 0 rings (SSSR count). The first kappa shape index (κ1) is 60.6. The molecule has 0 aliphatic heterocycles. The summed E-state index contributed by atoms with van der Waals surface area (Å²) in [6, 6.07) is -0.619. The number of hydrogen-bond acceptors (Lipinski definition) is 3. The summed E-state index contributed by atoms with van der Waals surface area (Å²) >= 11 is 0. The predicted molar refractivity (Wildman–Crippen MR) is 276 cm³/mol. The van der Waals surface area contributed by atoms with Crippen LogP contribution in [0.15, 0.2) is 36.5 Å². The molecule has 0 aromatic rings. The molecule has 2 atom stereocenters. The molecule has 62 heavy (non-hydrogen) atoms. The lowest BCUT2D eigenvalue weighted by Crippen LogP contribution is -2.45. The third-order valence-electron chi connectivity index (χ3n) is 13.1. The van der Waals surface area contributed by atoms with E-state index in [1.54, 1.807) is 6.08 Å². The molecule has 0 aromatic carbocycles. The molecule has 2 unspecified atom stereocenters. The van der Waals surface area contributed by atoms with Gasteiger partial charge in [0, 0.05) is 6.42 Å². The molecule has 0 radical (unpaired) electrons. The second kappa shape index (κ2) is 53.9. The maximum atomic E-state index is 12.4. The fourth-order valence-electron chi connectivity index (χ4n) is 8.80. The summed E-state index contributed by atoms with van der Waals surface area (Å²) in [6.45, 7) is 4.32. The molecule has 0 spiro atoms. The topological polar surface area (TPSA) is 69.6 Å². The van der Waals surface area contributed by atoms with Gasteiger partial charge in [-0.2, -0.15) is 0 Å². The quantitative estimate of drug-likeness (QED) is 0.0421. The van der Waals surface area contributed by atoms with Crippen molar-refractivity contribution in [2.45, 2.75) is 321 Å². The van der Waals surface area contributed by atoms with E-state index in [0.717, 1.165) is 32.1 Å². The fraction of sp³-hybridized carbons (Fsp3) is 0.879. The first-order valence-electron chi connectivity index (χ1n) is 28.2. The molecular weight excluding hydrogens is 759 g/mol. The summed E-state index contributed by atoms with van der Waals surface area (Å²) in [5.74, 6) is -0.0622. The third kappa shape index (κ3) is 49.6. The maximum absolute atomic E-state index is 12.4. The average Bonchev–Trinajstić information content (AvgIpc) is 3.28. The third-order valence-corrected chi connectivity index (χ3v) is 13.1. The van der Waals surface area contributed by atoms with Crippen LogP contribution in [0.3, 0.4) is 0 Å². The normalized spacial score (nSPS) is 13.0. The molecule has 0 aromatic heterocycles. The van der Waals surface area contributed by atoms with Crippen LogP contribution in [-0.2, 0) is 4.79 Å². The molecule has 0 bridgehead atoms. The highest BCUT2D eigenvalue weighted by atomic mass is 16.3. The summed E-state index contributed by atoms with van der Waals surface area (Å²) < 4.78 is 0. The van der Waals surface area contributed by atoms with Crippen molar-refractivity contribution in [3.8, 4) is 0 Å². The van der Waals surface area contributed by atoms with Crippen molar-refractivity contribution in [1.82, 2.24) is 5.32 Å². The number of carbonyl (C=O) groups is 1. The van der Waals surface area contributed by atoms with Crippen LogP contribution in [0.5, 0.6) is 0 Å². The SMILES string of the molecule is CCCCCCCCCCC/C=C/C(O)C(CO)NC(=O)CCCCCCCCCCCCCCCCCCC/C=C\C/C=C\CCCCCCCCCCCCCCCCC. The number of allylic oxidation sites excluding steroid dienone is 5. The van der Waals surface area contributed by atoms with Crippen LogP contribution in [0.4, 0.5) is 0 Å². The Morgan fingerprint density at radius 1 is 0.387 bits per heavy atom. The molecule has 4 heteroatoms. The summed E-state index contributed by atoms with van der Waals surface area (Å²) in [5.41, 5.74) is 0. The number of amides is 1. The van der Waals surface area contributed by atoms with Crippen LogP contribution in [-0.4, -0.2) is 34.9 Å². The minimum Gasteiger partial charge on any atom is -0.394 e. The molecule has 1 amide bonds. The van der Waals surface area contributed by atoms with Gasteiger partial charge in [-0.05, 0) is 51.4 Å². The number of hydrogen-bond donors (Lipinski definition) is 3. The van der Waals surface area contributed by atoms with Gasteiger partial charge in [-0.15, -0.1) is 0 Å². The smallest absolute Gasteiger partial charge is 0.220 e. The molecule has 0 aliphatic rings. The molecular formula is C58H111NO3. The lowest BCUT2D eigenvalue weighted by Gasteiger charge is -2.20. The van der Waals surface area contributed by atoms with Gasteiger partial charge in [0.2, 0.25) is 5.91 Å². The minimum absolute atomic E-state index is 0.0622. The second-order valence-corrected chi connectivity index (χ2v) is 19.4. The number of unbranched alkanes of at least 4 members (excludes halogenated alkanes) is 41. The highest BCUT2D eigenvalue weighted by Gasteiger charge is 2.18. The zero-order valence-electron chi connectivity index (χ0n) is 42.2. The molecule has 366 valence electrons. The van der Waals surface area contributed by atoms with Crippen LogP contribution in [0.25, 0.3) is 0 Å². The van der Waals surface area contributed by atoms with Crippen molar-refractivity contribution in [3.63, 3.8) is 0 Å². The molecule has 4 nitrogen and oxygen atoms in total. The van der Waals surface area contributed by atoms with Gasteiger partial charge in [-0.25, -0.2) is 0 Å². The van der Waals surface area contributed by atoms with E-state index < -0.39 is 12.1 Å². The van der Waals surface area contributed by atoms with E-state index in [9.17, 15) is 15.0 Å². The van der Waals surface area contributed by atoms with E-state index in [2.05, 4.69) is 43.5 Å². The van der Waals surface area contributed by atoms with E-state index >= 15 is 0 Å². The van der Waals surface area contributed by atoms with Crippen LogP contribution < -0.4 is 5.32 Å². The van der Waals surface area contributed by atoms with Crippen molar-refractivity contribution in [2.75, 3.05) is 6.61 Å². The Morgan fingerprint density at radius 2 is 0.661 bits per heavy atom. The highest BCUT2D eigenvalue weighted by Crippen LogP contribution is 2.17. The van der Waals surface area contributed by atoms with Gasteiger partial charge in [-0.1, -0.05) is 288 Å². The lowest BCUT2D eigenvalue weighted by molar-refractivity contribution is -0.123. The first-order chi connectivity index (χ1) is 30.7. The van der Waals surface area contributed by atoms with Crippen molar-refractivity contribution in [3.05, 3.63) is 36.5 Å². The molecule has 0 aliphatic carbocycles. The Kier molecular flexibility index (Phi) is 52.7. The van der Waals surface area contributed by atoms with E-state index in [-0.39, 0.29) is 12.5 Å². The zero-order chi connectivity index (χ0) is 44.9. The van der Waals surface area contributed by atoms with Gasteiger partial charge in [0.05, 0.1) is 18.8 Å². The Balaban J connectivity index is 3.39. The molecule has 0 heterocycles. The number of aliphatic hydroxyl groups is 2. The Morgan fingerprint density at radius 3 is 0.968 bits per heavy atom. The minimum atomic E-state index is -0.836. The predicted octanol–water partition coefficient (Wildman–Crippen LogP) is 18.5. The zero-order valence-corrected chi connectivity index (χ0v) is 42.2. The van der Waals surface area contributed by atoms with Crippen LogP contribution in [0.2, 0.25) is 0 Å². The van der Waals surface area contributed by atoms with Crippen LogP contribution in [0.1, 0.15) is 309 Å². The van der Waals surface area contributed by atoms with E-state index in [1.807, 2.05) is 6.08 Å². The van der Waals surface area contributed by atoms with Gasteiger partial charge < -0.3 is 15.5 Å². The highest BCUT2D eigenvalue weighted by molar-refractivity contribution is 5.76. The number of nitrogens with one attached hydrogen (secondary N) is 1. The van der Waals surface area contributed by atoms with Gasteiger partial charge in [-0.3, -0.25) is 4.79 Å². The van der Waals surface area contributed by atoms with Crippen molar-refractivity contribution >= 4 is 5.91 Å². The monoisotopic (exact) mass is 870 g/mol. The number of rotatable bonds is 52. The largest absolute Gasteiger partial charge is 0.394 e. The van der Waals surface area contributed by atoms with Crippen molar-refractivity contribution < 1.29 is 15.0 Å². The molecule has 3 N–H and O–H groups in total. The van der Waals surface area contributed by atoms with Crippen molar-refractivity contribution in [2.24, 2.45) is 0 Å². The van der Waals surface area contributed by atoms with Crippen molar-refractivity contribution in [1.29, 1.82) is 0 Å². The fourth-order valence-corrected chi connectivity index (χ4v) is 8.80. The summed E-state index contributed by atoms with van der Waals surface area (Å²) in [6.07, 6.45) is 73.3. The number of carbonyl (C=O) groups excluding carboxylic acids is 1. The van der Waals surface area contributed by atoms with Crippen LogP contribution >= 0.6 is 0 Å². The molecule has 0 saturated heterocycles. The van der Waals surface area contributed by atoms with Gasteiger partial charge in [0.15, 0.2) is 0 Å². The first-order valence-corrected chi connectivity index (χ1v) is 28.2. The molecule has 0 fully saturated rings. The van der Waals surface area contributed by atoms with Gasteiger partial charge >= 0.3 is 0 Å². The Hall–Kier alpha value is -1.39. The van der Waals surface area contributed by atoms with E-state index in [1.165, 1.54) is 257 Å². The maximum Gasteiger partial charge on any atom is 0.220 e. The lowest BCUT2D eigenvalue weighted by atomic mass is 10.0. The van der Waals surface area contributed by atoms with E-state index in [0.29, 0.717) is 6.42 Å². The summed E-state index contributed by atoms with van der Waals surface area (Å²) in [4.78, 5) is 12.4. The Labute approximate surface area is 389 Å². The van der Waals surface area contributed by atoms with Gasteiger partial charge in [0.1, 0.15) is 0 Å².